The number of thiophene rings is 1. The number of carboxylic acid groups (broad SMARTS) is 2. The SMILES string of the molecule is CC(C(=O)O)c1ccc(C(=O)c2cccs2)cc1.CC(C(=O)O)c1ccccc1. The fourth-order valence-electron chi connectivity index (χ4n) is 2.50. The number of aliphatic carboxylic acids is 2. The number of hydrogen-bond donors (Lipinski definition) is 2. The van der Waals surface area contributed by atoms with Crippen molar-refractivity contribution in [2.75, 3.05) is 0 Å². The van der Waals surface area contributed by atoms with E-state index in [2.05, 4.69) is 0 Å². The molecule has 2 aromatic carbocycles. The standard InChI is InChI=1S/C14H12O3S.C9H10O2/c1-9(14(16)17)10-4-6-11(7-5-10)13(15)12-3-2-8-18-12;1-7(9(10)11)8-5-3-2-4-6-8/h2-9H,1H3,(H,16,17);2-7H,1H3,(H,10,11). The van der Waals surface area contributed by atoms with Gasteiger partial charge in [0.2, 0.25) is 5.78 Å². The number of carboxylic acids is 2. The minimum atomic E-state index is -0.868. The molecular weight excluding hydrogens is 388 g/mol. The van der Waals surface area contributed by atoms with Crippen molar-refractivity contribution in [1.82, 2.24) is 0 Å². The lowest BCUT2D eigenvalue weighted by Crippen LogP contribution is -2.07. The summed E-state index contributed by atoms with van der Waals surface area (Å²) in [5.41, 5.74) is 2.13. The molecule has 0 saturated heterocycles. The number of ketones is 1. The Morgan fingerprint density at radius 3 is 1.69 bits per heavy atom. The van der Waals surface area contributed by atoms with E-state index >= 15 is 0 Å². The first kappa shape index (κ1) is 22.0. The summed E-state index contributed by atoms with van der Waals surface area (Å²) in [5.74, 6) is -2.64. The van der Waals surface area contributed by atoms with E-state index in [1.165, 1.54) is 11.3 Å². The summed E-state index contributed by atoms with van der Waals surface area (Å²) in [5, 5.41) is 19.4. The smallest absolute Gasteiger partial charge is 0.310 e. The number of carbonyl (C=O) groups excluding carboxylic acids is 1. The van der Waals surface area contributed by atoms with Gasteiger partial charge in [-0.3, -0.25) is 14.4 Å². The van der Waals surface area contributed by atoms with Gasteiger partial charge in [-0.25, -0.2) is 0 Å². The zero-order valence-electron chi connectivity index (χ0n) is 16.1. The van der Waals surface area contributed by atoms with E-state index in [0.717, 1.165) is 5.56 Å². The van der Waals surface area contributed by atoms with Gasteiger partial charge < -0.3 is 10.2 Å². The van der Waals surface area contributed by atoms with Gasteiger partial charge in [-0.1, -0.05) is 60.7 Å². The normalized spacial score (nSPS) is 12.2. The maximum Gasteiger partial charge on any atom is 0.310 e. The number of benzene rings is 2. The van der Waals surface area contributed by atoms with E-state index in [9.17, 15) is 14.4 Å². The summed E-state index contributed by atoms with van der Waals surface area (Å²) in [6, 6.07) is 19.5. The van der Waals surface area contributed by atoms with Crippen LogP contribution < -0.4 is 0 Å². The molecule has 0 bridgehead atoms. The second kappa shape index (κ2) is 10.3. The average molecular weight is 410 g/mol. The molecule has 0 aliphatic rings. The largest absolute Gasteiger partial charge is 0.481 e. The van der Waals surface area contributed by atoms with Crippen LogP contribution in [0.25, 0.3) is 0 Å². The molecule has 1 aromatic heterocycles. The summed E-state index contributed by atoms with van der Waals surface area (Å²) in [4.78, 5) is 34.0. The van der Waals surface area contributed by atoms with Crippen molar-refractivity contribution in [1.29, 1.82) is 0 Å². The predicted molar refractivity (Wildman–Crippen MR) is 113 cm³/mol. The molecule has 6 heteroatoms. The molecule has 5 nitrogen and oxygen atoms in total. The Morgan fingerprint density at radius 1 is 0.724 bits per heavy atom. The highest BCUT2D eigenvalue weighted by molar-refractivity contribution is 7.12. The molecule has 0 radical (unpaired) electrons. The van der Waals surface area contributed by atoms with E-state index in [1.54, 1.807) is 44.2 Å². The molecule has 2 atom stereocenters. The van der Waals surface area contributed by atoms with Crippen LogP contribution in [0.4, 0.5) is 0 Å². The zero-order chi connectivity index (χ0) is 21.4. The van der Waals surface area contributed by atoms with Crippen molar-refractivity contribution >= 4 is 29.1 Å². The molecule has 0 aliphatic carbocycles. The highest BCUT2D eigenvalue weighted by Crippen LogP contribution is 2.19. The van der Waals surface area contributed by atoms with Gasteiger partial charge in [0.1, 0.15) is 0 Å². The third kappa shape index (κ3) is 6.12. The number of carbonyl (C=O) groups is 3. The second-order valence-electron chi connectivity index (χ2n) is 6.46. The van der Waals surface area contributed by atoms with Crippen LogP contribution in [0.3, 0.4) is 0 Å². The molecule has 3 rings (SSSR count). The fourth-order valence-corrected chi connectivity index (χ4v) is 3.19. The van der Waals surface area contributed by atoms with Crippen molar-refractivity contribution in [2.45, 2.75) is 25.7 Å². The molecule has 29 heavy (non-hydrogen) atoms. The maximum atomic E-state index is 12.0. The van der Waals surface area contributed by atoms with Crippen LogP contribution in [0.2, 0.25) is 0 Å². The highest BCUT2D eigenvalue weighted by atomic mass is 32.1. The van der Waals surface area contributed by atoms with Crippen molar-refractivity contribution in [3.8, 4) is 0 Å². The van der Waals surface area contributed by atoms with Crippen molar-refractivity contribution in [3.63, 3.8) is 0 Å². The molecule has 2 unspecified atom stereocenters. The van der Waals surface area contributed by atoms with Gasteiger partial charge in [-0.2, -0.15) is 0 Å². The van der Waals surface area contributed by atoms with Crippen LogP contribution in [-0.2, 0) is 9.59 Å². The van der Waals surface area contributed by atoms with E-state index < -0.39 is 23.8 Å². The monoisotopic (exact) mass is 410 g/mol. The molecule has 150 valence electrons. The van der Waals surface area contributed by atoms with Gasteiger partial charge >= 0.3 is 11.9 Å². The summed E-state index contributed by atoms with van der Waals surface area (Å²) < 4.78 is 0. The lowest BCUT2D eigenvalue weighted by Gasteiger charge is -2.06. The average Bonchev–Trinajstić information content (AvgIpc) is 3.28. The zero-order valence-corrected chi connectivity index (χ0v) is 16.9. The Bertz CT molecular complexity index is 947. The first-order valence-corrected chi connectivity index (χ1v) is 9.88. The van der Waals surface area contributed by atoms with Gasteiger partial charge in [0.25, 0.3) is 0 Å². The Hall–Kier alpha value is -3.25. The molecular formula is C23H22O5S. The molecule has 0 spiro atoms. The Balaban J connectivity index is 0.000000234. The van der Waals surface area contributed by atoms with Gasteiger partial charge in [0.05, 0.1) is 16.7 Å². The second-order valence-corrected chi connectivity index (χ2v) is 7.41. The van der Waals surface area contributed by atoms with Crippen molar-refractivity contribution < 1.29 is 24.6 Å². The molecule has 0 saturated carbocycles. The summed E-state index contributed by atoms with van der Waals surface area (Å²) in [7, 11) is 0. The Morgan fingerprint density at radius 2 is 1.24 bits per heavy atom. The van der Waals surface area contributed by atoms with Gasteiger partial charge in [-0.15, -0.1) is 11.3 Å². The molecule has 3 aromatic rings. The highest BCUT2D eigenvalue weighted by Gasteiger charge is 2.15. The first-order valence-electron chi connectivity index (χ1n) is 9.00. The molecule has 1 heterocycles. The third-order valence-electron chi connectivity index (χ3n) is 4.46. The molecule has 0 amide bonds. The van der Waals surface area contributed by atoms with E-state index in [-0.39, 0.29) is 5.78 Å². The summed E-state index contributed by atoms with van der Waals surface area (Å²) in [6.45, 7) is 3.30. The van der Waals surface area contributed by atoms with Gasteiger partial charge in [0.15, 0.2) is 0 Å². The lowest BCUT2D eigenvalue weighted by molar-refractivity contribution is -0.139. The Labute approximate surface area is 173 Å². The lowest BCUT2D eigenvalue weighted by atomic mass is 9.99. The number of hydrogen-bond acceptors (Lipinski definition) is 4. The minimum Gasteiger partial charge on any atom is -0.481 e. The quantitative estimate of drug-likeness (QED) is 0.555. The predicted octanol–water partition coefficient (Wildman–Crippen LogP) is 5.04. The third-order valence-corrected chi connectivity index (χ3v) is 5.33. The van der Waals surface area contributed by atoms with Crippen LogP contribution in [0.1, 0.15) is 52.0 Å². The molecule has 2 N–H and O–H groups in total. The first-order chi connectivity index (χ1) is 13.8. The topological polar surface area (TPSA) is 91.7 Å². The van der Waals surface area contributed by atoms with E-state index in [1.807, 2.05) is 41.8 Å². The van der Waals surface area contributed by atoms with Gasteiger partial charge in [0, 0.05) is 5.56 Å². The van der Waals surface area contributed by atoms with Crippen molar-refractivity contribution in [3.05, 3.63) is 93.7 Å². The fraction of sp³-hybridized carbons (Fsp3) is 0.174. The maximum absolute atomic E-state index is 12.0. The van der Waals surface area contributed by atoms with Crippen LogP contribution in [0, 0.1) is 0 Å². The van der Waals surface area contributed by atoms with Gasteiger partial charge in [-0.05, 0) is 36.4 Å². The summed E-state index contributed by atoms with van der Waals surface area (Å²) >= 11 is 1.40. The molecule has 0 aliphatic heterocycles. The van der Waals surface area contributed by atoms with E-state index in [4.69, 9.17) is 10.2 Å². The van der Waals surface area contributed by atoms with Crippen LogP contribution in [-0.4, -0.2) is 27.9 Å². The van der Waals surface area contributed by atoms with Crippen LogP contribution in [0.5, 0.6) is 0 Å². The minimum absolute atomic E-state index is 0.0282. The van der Waals surface area contributed by atoms with Crippen LogP contribution in [0.15, 0.2) is 72.1 Å². The summed E-state index contributed by atoms with van der Waals surface area (Å²) in [6.07, 6.45) is 0. The van der Waals surface area contributed by atoms with E-state index in [0.29, 0.717) is 16.0 Å². The number of rotatable bonds is 6. The molecule has 0 fully saturated rings. The van der Waals surface area contributed by atoms with Crippen molar-refractivity contribution in [2.24, 2.45) is 0 Å². The van der Waals surface area contributed by atoms with Crippen LogP contribution >= 0.6 is 11.3 Å². The Kier molecular flexibility index (Phi) is 7.86.